The third-order valence-corrected chi connectivity index (χ3v) is 0.500. The Kier molecular flexibility index (Phi) is 14.0. The molecule has 0 aromatic carbocycles. The van der Waals surface area contributed by atoms with Gasteiger partial charge in [0, 0.05) is 0 Å². The first-order chi connectivity index (χ1) is 4.15. The van der Waals surface area contributed by atoms with Gasteiger partial charge in [-0.2, -0.15) is 0 Å². The average Bonchev–Trinajstić information content (AvgIpc) is 1.66. The van der Waals surface area contributed by atoms with Crippen LogP contribution in [0.2, 0.25) is 0 Å². The van der Waals surface area contributed by atoms with E-state index in [2.05, 4.69) is 19.2 Å². The van der Waals surface area contributed by atoms with Gasteiger partial charge in [0.25, 0.3) is 0 Å². The lowest BCUT2D eigenvalue weighted by molar-refractivity contribution is 0.278. The summed E-state index contributed by atoms with van der Waals surface area (Å²) in [7, 11) is -2.17. The van der Waals surface area contributed by atoms with E-state index < -0.39 is 7.32 Å². The second-order valence-corrected chi connectivity index (χ2v) is 1.30. The van der Waals surface area contributed by atoms with E-state index in [-0.39, 0.29) is 0 Å². The summed E-state index contributed by atoms with van der Waals surface area (Å²) in [6, 6.07) is 0. The van der Waals surface area contributed by atoms with Gasteiger partial charge in [-0.1, -0.05) is 13.8 Å². The quantitative estimate of drug-likeness (QED) is 0.350. The van der Waals surface area contributed by atoms with Crippen LogP contribution in [-0.2, 0) is 0 Å². The first-order valence-corrected chi connectivity index (χ1v) is 2.90. The van der Waals surface area contributed by atoms with Gasteiger partial charge in [0.15, 0.2) is 0 Å². The molecule has 0 saturated heterocycles. The van der Waals surface area contributed by atoms with E-state index in [1.165, 1.54) is 0 Å². The van der Waals surface area contributed by atoms with Crippen molar-refractivity contribution in [3.05, 3.63) is 0 Å². The van der Waals surface area contributed by atoms with Crippen molar-refractivity contribution in [2.45, 2.75) is 13.8 Å². The van der Waals surface area contributed by atoms with Crippen LogP contribution in [0.5, 0.6) is 0 Å². The summed E-state index contributed by atoms with van der Waals surface area (Å²) in [5, 5.41) is 24.6. The molecule has 0 heterocycles. The van der Waals surface area contributed by atoms with Crippen LogP contribution >= 0.6 is 0 Å². The van der Waals surface area contributed by atoms with E-state index in [0.29, 0.717) is 0 Å². The molecule has 0 aromatic rings. The highest BCUT2D eigenvalue weighted by atomic mass is 16.5. The molecule has 0 atom stereocenters. The van der Waals surface area contributed by atoms with Crippen LogP contribution in [0.25, 0.3) is 0 Å². The van der Waals surface area contributed by atoms with Crippen molar-refractivity contribution in [2.24, 2.45) is 0 Å². The van der Waals surface area contributed by atoms with Crippen molar-refractivity contribution in [1.82, 2.24) is 5.32 Å². The molecule has 0 unspecified atom stereocenters. The fourth-order valence-electron chi connectivity index (χ4n) is 0.250. The largest absolute Gasteiger partial charge is 0.631 e. The maximum absolute atomic E-state index is 7.17. The van der Waals surface area contributed by atoms with E-state index in [4.69, 9.17) is 15.1 Å². The molecular weight excluding hydrogens is 121 g/mol. The van der Waals surface area contributed by atoms with Gasteiger partial charge in [-0.3, -0.25) is 0 Å². The van der Waals surface area contributed by atoms with Gasteiger partial charge in [0.2, 0.25) is 0 Å². The Morgan fingerprint density at radius 1 is 1.11 bits per heavy atom. The zero-order valence-corrected chi connectivity index (χ0v) is 5.83. The van der Waals surface area contributed by atoms with E-state index in [0.717, 1.165) is 13.1 Å². The summed E-state index contributed by atoms with van der Waals surface area (Å²) in [6.07, 6.45) is 0. The van der Waals surface area contributed by atoms with Crippen LogP contribution in [0.4, 0.5) is 0 Å². The zero-order chi connectivity index (χ0) is 7.70. The molecule has 0 aliphatic rings. The number of nitrogens with one attached hydrogen (secondary N) is 1. The van der Waals surface area contributed by atoms with Gasteiger partial charge in [0.1, 0.15) is 0 Å². The van der Waals surface area contributed by atoms with E-state index >= 15 is 0 Å². The normalized spacial score (nSPS) is 7.67. The predicted molar refractivity (Wildman–Crippen MR) is 36.6 cm³/mol. The van der Waals surface area contributed by atoms with Crippen molar-refractivity contribution in [3.63, 3.8) is 0 Å². The first kappa shape index (κ1) is 11.7. The molecule has 4 nitrogen and oxygen atoms in total. The lowest BCUT2D eigenvalue weighted by atomic mass is 10.3. The number of rotatable bonds is 2. The molecule has 0 bridgehead atoms. The molecule has 0 saturated carbocycles. The molecule has 0 radical (unpaired) electrons. The van der Waals surface area contributed by atoms with E-state index in [9.17, 15) is 0 Å². The standard InChI is InChI=1S/C4H11N.BH3O3/c1-3-5-4-2;2-1(3)4/h5H,3-4H2,1-2H3;2-4H. The summed E-state index contributed by atoms with van der Waals surface area (Å²) in [5.41, 5.74) is 0. The lowest BCUT2D eigenvalue weighted by Crippen LogP contribution is -2.09. The smallest absolute Gasteiger partial charge is 0.402 e. The molecule has 0 rings (SSSR count). The minimum atomic E-state index is -2.17. The fraction of sp³-hybridized carbons (Fsp3) is 1.00. The third kappa shape index (κ3) is 76.0. The topological polar surface area (TPSA) is 72.7 Å². The second-order valence-electron chi connectivity index (χ2n) is 1.30. The van der Waals surface area contributed by atoms with Gasteiger partial charge >= 0.3 is 7.32 Å². The predicted octanol–water partition coefficient (Wildman–Crippen LogP) is -1.44. The molecule has 5 heteroatoms. The number of hydrogen-bond donors (Lipinski definition) is 4. The Hall–Kier alpha value is -0.0951. The summed E-state index contributed by atoms with van der Waals surface area (Å²) < 4.78 is 0. The maximum Gasteiger partial charge on any atom is 0.631 e. The second kappa shape index (κ2) is 10.8. The van der Waals surface area contributed by atoms with Crippen molar-refractivity contribution in [3.8, 4) is 0 Å². The Bertz CT molecular complexity index is 40.0. The monoisotopic (exact) mass is 135 g/mol. The molecule has 0 aromatic heterocycles. The van der Waals surface area contributed by atoms with Gasteiger partial charge < -0.3 is 20.4 Å². The molecule has 56 valence electrons. The summed E-state index contributed by atoms with van der Waals surface area (Å²) in [5.74, 6) is 0. The van der Waals surface area contributed by atoms with Crippen molar-refractivity contribution in [2.75, 3.05) is 13.1 Å². The van der Waals surface area contributed by atoms with Gasteiger partial charge in [-0.25, -0.2) is 0 Å². The zero-order valence-electron chi connectivity index (χ0n) is 5.83. The van der Waals surface area contributed by atoms with Crippen LogP contribution in [0, 0.1) is 0 Å². The molecule has 4 N–H and O–H groups in total. The average molecular weight is 135 g/mol. The molecule has 0 aliphatic carbocycles. The number of hydrogen-bond acceptors (Lipinski definition) is 4. The van der Waals surface area contributed by atoms with E-state index in [1.807, 2.05) is 0 Å². The SMILES string of the molecule is CCNCC.OB(O)O. The van der Waals surface area contributed by atoms with Crippen molar-refractivity contribution < 1.29 is 15.1 Å². The van der Waals surface area contributed by atoms with E-state index in [1.54, 1.807) is 0 Å². The molecule has 0 fully saturated rings. The van der Waals surface area contributed by atoms with Crippen LogP contribution in [0.3, 0.4) is 0 Å². The molecule has 9 heavy (non-hydrogen) atoms. The third-order valence-electron chi connectivity index (χ3n) is 0.500. The Labute approximate surface area is 55.7 Å². The Balaban J connectivity index is 0. The molecule has 0 aliphatic heterocycles. The van der Waals surface area contributed by atoms with Gasteiger partial charge in [-0.15, -0.1) is 0 Å². The van der Waals surface area contributed by atoms with Crippen LogP contribution in [-0.4, -0.2) is 35.5 Å². The molecule has 0 amide bonds. The maximum atomic E-state index is 7.17. The minimum absolute atomic E-state index is 1.09. The summed E-state index contributed by atoms with van der Waals surface area (Å²) in [4.78, 5) is 0. The van der Waals surface area contributed by atoms with Crippen LogP contribution < -0.4 is 5.32 Å². The lowest BCUT2D eigenvalue weighted by Gasteiger charge is -1.86. The Morgan fingerprint density at radius 2 is 1.33 bits per heavy atom. The molecule has 0 spiro atoms. The van der Waals surface area contributed by atoms with Crippen LogP contribution in [0.15, 0.2) is 0 Å². The first-order valence-electron chi connectivity index (χ1n) is 2.90. The van der Waals surface area contributed by atoms with Crippen molar-refractivity contribution >= 4 is 7.32 Å². The molecular formula is C4H14BNO3. The minimum Gasteiger partial charge on any atom is -0.402 e. The fourth-order valence-corrected chi connectivity index (χ4v) is 0.250. The highest BCUT2D eigenvalue weighted by molar-refractivity contribution is 6.30. The summed E-state index contributed by atoms with van der Waals surface area (Å²) >= 11 is 0. The highest BCUT2D eigenvalue weighted by Gasteiger charge is 1.92. The van der Waals surface area contributed by atoms with Gasteiger partial charge in [-0.05, 0) is 13.1 Å². The van der Waals surface area contributed by atoms with Crippen LogP contribution in [0.1, 0.15) is 13.8 Å². The van der Waals surface area contributed by atoms with Gasteiger partial charge in [0.05, 0.1) is 0 Å². The Morgan fingerprint density at radius 3 is 1.33 bits per heavy atom. The summed E-state index contributed by atoms with van der Waals surface area (Å²) in [6.45, 7) is 6.39. The highest BCUT2D eigenvalue weighted by Crippen LogP contribution is 1.47. The van der Waals surface area contributed by atoms with Crippen molar-refractivity contribution in [1.29, 1.82) is 0 Å².